The topological polar surface area (TPSA) is 122 Å². The molecule has 9 nitrogen and oxygen atoms in total. The van der Waals surface area contributed by atoms with Gasteiger partial charge in [-0.25, -0.2) is 4.79 Å². The Balaban J connectivity index is 2.39. The Hall–Kier alpha value is -2.09. The number of rotatable bonds is 6. The standard InChI is InChI=1S/C14H21N5O4/c1-4-14(6-7-16-18-15)9(2)11(22-3)12(23-14)19-8-5-10(20)17-13(19)21/h5,8-9,11-12H,4,6-7H2,1-3H3,(H,17,20,21)/t9?,11-,12+,14-/m0/s1. The molecule has 0 radical (unpaired) electrons. The second kappa shape index (κ2) is 6.99. The molecular formula is C14H21N5O4. The Bertz CT molecular complexity index is 708. The van der Waals surface area contributed by atoms with E-state index in [0.29, 0.717) is 19.4 Å². The molecule has 0 aromatic carbocycles. The number of aromatic nitrogens is 2. The number of hydrogen-bond acceptors (Lipinski definition) is 5. The van der Waals surface area contributed by atoms with Gasteiger partial charge in [0.05, 0.1) is 5.60 Å². The second-order valence-corrected chi connectivity index (χ2v) is 5.64. The number of methoxy groups -OCH3 is 1. The van der Waals surface area contributed by atoms with Crippen molar-refractivity contribution >= 4 is 0 Å². The zero-order valence-corrected chi connectivity index (χ0v) is 13.4. The van der Waals surface area contributed by atoms with Crippen LogP contribution in [0.25, 0.3) is 10.4 Å². The number of aromatic amines is 1. The second-order valence-electron chi connectivity index (χ2n) is 5.64. The van der Waals surface area contributed by atoms with Gasteiger partial charge in [0.25, 0.3) is 5.56 Å². The maximum atomic E-state index is 12.1. The van der Waals surface area contributed by atoms with Crippen LogP contribution < -0.4 is 11.2 Å². The quantitative estimate of drug-likeness (QED) is 0.485. The van der Waals surface area contributed by atoms with Gasteiger partial charge >= 0.3 is 5.69 Å². The first-order chi connectivity index (χ1) is 11.0. The van der Waals surface area contributed by atoms with Gasteiger partial charge in [-0.3, -0.25) is 14.3 Å². The molecule has 2 rings (SSSR count). The number of ether oxygens (including phenoxy) is 2. The van der Waals surface area contributed by atoms with Crippen molar-refractivity contribution in [1.29, 1.82) is 0 Å². The Morgan fingerprint density at radius 3 is 2.87 bits per heavy atom. The van der Waals surface area contributed by atoms with Crippen molar-refractivity contribution in [2.75, 3.05) is 13.7 Å². The molecule has 1 N–H and O–H groups in total. The predicted octanol–water partition coefficient (Wildman–Crippen LogP) is 1.57. The summed E-state index contributed by atoms with van der Waals surface area (Å²) in [4.78, 5) is 28.3. The van der Waals surface area contributed by atoms with Gasteiger partial charge in [-0.2, -0.15) is 0 Å². The van der Waals surface area contributed by atoms with Crippen LogP contribution in [0.1, 0.15) is 32.9 Å². The summed E-state index contributed by atoms with van der Waals surface area (Å²) in [5, 5.41) is 3.58. The first-order valence-corrected chi connectivity index (χ1v) is 7.52. The largest absolute Gasteiger partial charge is 0.376 e. The minimum atomic E-state index is -0.648. The Morgan fingerprint density at radius 2 is 2.30 bits per heavy atom. The van der Waals surface area contributed by atoms with E-state index < -0.39 is 23.1 Å². The van der Waals surface area contributed by atoms with E-state index in [1.807, 2.05) is 13.8 Å². The van der Waals surface area contributed by atoms with Gasteiger partial charge in [0.2, 0.25) is 0 Å². The van der Waals surface area contributed by atoms with Gasteiger partial charge in [-0.15, -0.1) is 0 Å². The van der Waals surface area contributed by atoms with Gasteiger partial charge in [0.15, 0.2) is 6.23 Å². The molecule has 1 saturated heterocycles. The molecule has 23 heavy (non-hydrogen) atoms. The lowest BCUT2D eigenvalue weighted by atomic mass is 9.82. The number of hydrogen-bond donors (Lipinski definition) is 1. The predicted molar refractivity (Wildman–Crippen MR) is 83.1 cm³/mol. The van der Waals surface area contributed by atoms with E-state index in [0.717, 1.165) is 0 Å². The van der Waals surface area contributed by atoms with Crippen LogP contribution in [0.5, 0.6) is 0 Å². The van der Waals surface area contributed by atoms with E-state index in [2.05, 4.69) is 15.0 Å². The molecule has 4 atom stereocenters. The highest BCUT2D eigenvalue weighted by atomic mass is 16.6. The zero-order chi connectivity index (χ0) is 17.0. The summed E-state index contributed by atoms with van der Waals surface area (Å²) >= 11 is 0. The van der Waals surface area contributed by atoms with Crippen LogP contribution >= 0.6 is 0 Å². The molecule has 1 fully saturated rings. The van der Waals surface area contributed by atoms with E-state index >= 15 is 0 Å². The van der Waals surface area contributed by atoms with Crippen molar-refractivity contribution < 1.29 is 9.47 Å². The van der Waals surface area contributed by atoms with Gasteiger partial charge in [-0.1, -0.05) is 19.0 Å². The van der Waals surface area contributed by atoms with Crippen LogP contribution in [0.15, 0.2) is 27.0 Å². The van der Waals surface area contributed by atoms with E-state index in [1.165, 1.54) is 16.8 Å². The molecule has 126 valence electrons. The van der Waals surface area contributed by atoms with Crippen molar-refractivity contribution in [2.24, 2.45) is 11.0 Å². The maximum Gasteiger partial charge on any atom is 0.330 e. The molecule has 0 aliphatic carbocycles. The molecule has 0 spiro atoms. The lowest BCUT2D eigenvalue weighted by Gasteiger charge is -2.31. The monoisotopic (exact) mass is 323 g/mol. The molecule has 0 saturated carbocycles. The molecule has 1 aliphatic rings. The number of H-pyrrole nitrogens is 1. The first kappa shape index (κ1) is 17.3. The molecule has 9 heteroatoms. The van der Waals surface area contributed by atoms with Crippen molar-refractivity contribution in [3.05, 3.63) is 43.5 Å². The third kappa shape index (κ3) is 3.17. The highest BCUT2D eigenvalue weighted by Gasteiger charge is 2.52. The molecule has 2 heterocycles. The highest BCUT2D eigenvalue weighted by Crippen LogP contribution is 2.46. The smallest absolute Gasteiger partial charge is 0.330 e. The van der Waals surface area contributed by atoms with Crippen LogP contribution in [0.3, 0.4) is 0 Å². The molecular weight excluding hydrogens is 302 g/mol. The third-order valence-electron chi connectivity index (χ3n) is 4.65. The van der Waals surface area contributed by atoms with Crippen LogP contribution in [0.2, 0.25) is 0 Å². The minimum absolute atomic E-state index is 0.0183. The van der Waals surface area contributed by atoms with Crippen LogP contribution in [-0.4, -0.2) is 34.9 Å². The maximum absolute atomic E-state index is 12.1. The lowest BCUT2D eigenvalue weighted by molar-refractivity contribution is -0.102. The van der Waals surface area contributed by atoms with Gasteiger partial charge in [0.1, 0.15) is 6.10 Å². The number of nitrogens with one attached hydrogen (secondary N) is 1. The van der Waals surface area contributed by atoms with Crippen molar-refractivity contribution in [3.63, 3.8) is 0 Å². The molecule has 0 bridgehead atoms. The SMILES string of the molecule is CC[C@@]1(CCN=[N+]=[N-])O[C@@H](n2ccc(=O)[nH]c2=O)[C@@H](OC)C1C. The fourth-order valence-electron chi connectivity index (χ4n) is 3.28. The Morgan fingerprint density at radius 1 is 1.57 bits per heavy atom. The Labute approximate surface area is 132 Å². The van der Waals surface area contributed by atoms with E-state index in [-0.39, 0.29) is 12.0 Å². The average Bonchev–Trinajstić information content (AvgIpc) is 2.80. The lowest BCUT2D eigenvalue weighted by Crippen LogP contribution is -2.37. The summed E-state index contributed by atoms with van der Waals surface area (Å²) < 4.78 is 13.1. The fourth-order valence-corrected chi connectivity index (χ4v) is 3.28. The van der Waals surface area contributed by atoms with E-state index in [4.69, 9.17) is 15.0 Å². The van der Waals surface area contributed by atoms with E-state index in [9.17, 15) is 9.59 Å². The Kier molecular flexibility index (Phi) is 5.25. The summed E-state index contributed by atoms with van der Waals surface area (Å²) in [6.45, 7) is 4.28. The number of azide groups is 1. The van der Waals surface area contributed by atoms with Crippen LogP contribution in [0.4, 0.5) is 0 Å². The molecule has 1 aromatic heterocycles. The summed E-state index contributed by atoms with van der Waals surface area (Å²) in [5.74, 6) is -0.0183. The molecule has 0 amide bonds. The fraction of sp³-hybridized carbons (Fsp3) is 0.714. The normalized spacial score (nSPS) is 30.1. The first-order valence-electron chi connectivity index (χ1n) is 7.52. The summed E-state index contributed by atoms with van der Waals surface area (Å²) in [7, 11) is 1.56. The van der Waals surface area contributed by atoms with Gasteiger partial charge in [-0.05, 0) is 18.4 Å². The van der Waals surface area contributed by atoms with Crippen molar-refractivity contribution in [2.45, 2.75) is 44.6 Å². The van der Waals surface area contributed by atoms with E-state index in [1.54, 1.807) is 7.11 Å². The third-order valence-corrected chi connectivity index (χ3v) is 4.65. The molecule has 1 unspecified atom stereocenters. The zero-order valence-electron chi connectivity index (χ0n) is 13.4. The summed E-state index contributed by atoms with van der Waals surface area (Å²) in [6, 6.07) is 1.27. The summed E-state index contributed by atoms with van der Waals surface area (Å²) in [6.07, 6.45) is 1.62. The van der Waals surface area contributed by atoms with Crippen LogP contribution in [0, 0.1) is 5.92 Å². The van der Waals surface area contributed by atoms with Crippen molar-refractivity contribution in [3.8, 4) is 0 Å². The summed E-state index contributed by atoms with van der Waals surface area (Å²) in [5.41, 5.74) is 6.90. The average molecular weight is 323 g/mol. The number of nitrogens with zero attached hydrogens (tertiary/aromatic N) is 4. The van der Waals surface area contributed by atoms with Crippen molar-refractivity contribution in [1.82, 2.24) is 9.55 Å². The van der Waals surface area contributed by atoms with Gasteiger partial charge < -0.3 is 9.47 Å². The molecule has 1 aromatic rings. The minimum Gasteiger partial charge on any atom is -0.376 e. The van der Waals surface area contributed by atoms with Gasteiger partial charge in [0, 0.05) is 36.7 Å². The van der Waals surface area contributed by atoms with Crippen LogP contribution in [-0.2, 0) is 9.47 Å². The highest BCUT2D eigenvalue weighted by molar-refractivity contribution is 5.00. The molecule has 1 aliphatic heterocycles.